The second-order valence-electron chi connectivity index (χ2n) is 7.10. The zero-order valence-corrected chi connectivity index (χ0v) is 15.2. The van der Waals surface area contributed by atoms with Gasteiger partial charge < -0.3 is 10.0 Å². The maximum absolute atomic E-state index is 12.9. The summed E-state index contributed by atoms with van der Waals surface area (Å²) >= 11 is 0. The zero-order valence-electron chi connectivity index (χ0n) is 15.2. The highest BCUT2D eigenvalue weighted by Crippen LogP contribution is 2.26. The largest absolute Gasteiger partial charge is 0.382 e. The van der Waals surface area contributed by atoms with Crippen LogP contribution in [0.25, 0.3) is 0 Å². The first-order chi connectivity index (χ1) is 13.0. The van der Waals surface area contributed by atoms with Gasteiger partial charge >= 0.3 is 0 Å². The molecule has 0 radical (unpaired) electrons. The fourth-order valence-corrected chi connectivity index (χ4v) is 3.48. The summed E-state index contributed by atoms with van der Waals surface area (Å²) in [6.07, 6.45) is 1.88. The summed E-state index contributed by atoms with van der Waals surface area (Å²) in [5.74, 6) is -0.561. The first-order valence-electron chi connectivity index (χ1n) is 9.31. The van der Waals surface area contributed by atoms with Gasteiger partial charge in [0.15, 0.2) is 11.6 Å². The molecule has 142 valence electrons. The number of hydrogen-bond acceptors (Lipinski definition) is 4. The summed E-state index contributed by atoms with van der Waals surface area (Å²) in [5, 5.41) is 10.7. The molecule has 0 spiro atoms. The third-order valence-electron chi connectivity index (χ3n) is 5.19. The normalized spacial score (nSPS) is 16.8. The Balaban J connectivity index is 1.45. The lowest BCUT2D eigenvalue weighted by atomic mass is 9.84. The van der Waals surface area contributed by atoms with Crippen LogP contribution < -0.4 is 0 Å². The standard InChI is InChI=1S/C22H24FNO3/c23-19-10-8-17(9-11-19)20(25)7-4-14-24-15-12-22(27,13-16-24)21(26)18-5-2-1-3-6-18/h1-3,5-6,8-11,27H,4,7,12-16H2. The van der Waals surface area contributed by atoms with Crippen molar-refractivity contribution in [1.82, 2.24) is 4.90 Å². The van der Waals surface area contributed by atoms with E-state index in [0.29, 0.717) is 49.9 Å². The summed E-state index contributed by atoms with van der Waals surface area (Å²) in [5.41, 5.74) is -0.238. The van der Waals surface area contributed by atoms with Crippen LogP contribution in [0.5, 0.6) is 0 Å². The van der Waals surface area contributed by atoms with Crippen molar-refractivity contribution >= 4 is 11.6 Å². The minimum atomic E-state index is -1.30. The number of benzene rings is 2. The summed E-state index contributed by atoms with van der Waals surface area (Å²) in [6, 6.07) is 14.5. The molecule has 2 aromatic rings. The van der Waals surface area contributed by atoms with Gasteiger partial charge in [-0.2, -0.15) is 0 Å². The Hall–Kier alpha value is -2.37. The molecule has 0 saturated carbocycles. The molecule has 0 aliphatic carbocycles. The first-order valence-corrected chi connectivity index (χ1v) is 9.31. The number of carbonyl (C=O) groups is 2. The molecule has 0 atom stereocenters. The number of hydrogen-bond donors (Lipinski definition) is 1. The molecule has 0 aromatic heterocycles. The van der Waals surface area contributed by atoms with Crippen LogP contribution in [0, 0.1) is 5.82 Å². The van der Waals surface area contributed by atoms with Crippen molar-refractivity contribution in [1.29, 1.82) is 0 Å². The number of carbonyl (C=O) groups excluding carboxylic acids is 2. The third kappa shape index (κ3) is 4.87. The molecule has 27 heavy (non-hydrogen) atoms. The van der Waals surface area contributed by atoms with Gasteiger partial charge in [-0.3, -0.25) is 9.59 Å². The van der Waals surface area contributed by atoms with Crippen LogP contribution in [0.3, 0.4) is 0 Å². The maximum atomic E-state index is 12.9. The van der Waals surface area contributed by atoms with Crippen LogP contribution in [0.1, 0.15) is 46.4 Å². The number of aliphatic hydroxyl groups is 1. The van der Waals surface area contributed by atoms with Crippen molar-refractivity contribution < 1.29 is 19.1 Å². The highest BCUT2D eigenvalue weighted by atomic mass is 19.1. The van der Waals surface area contributed by atoms with Crippen LogP contribution in [-0.4, -0.2) is 46.8 Å². The third-order valence-corrected chi connectivity index (χ3v) is 5.19. The maximum Gasteiger partial charge on any atom is 0.194 e. The highest BCUT2D eigenvalue weighted by Gasteiger charge is 2.39. The summed E-state index contributed by atoms with van der Waals surface area (Å²) in [7, 11) is 0. The zero-order chi connectivity index (χ0) is 19.3. The lowest BCUT2D eigenvalue weighted by molar-refractivity contribution is -0.00648. The minimum absolute atomic E-state index is 0.00256. The molecule has 3 rings (SSSR count). The Morgan fingerprint density at radius 2 is 1.59 bits per heavy atom. The topological polar surface area (TPSA) is 57.6 Å². The van der Waals surface area contributed by atoms with Gasteiger partial charge in [0, 0.05) is 30.6 Å². The van der Waals surface area contributed by atoms with E-state index in [1.807, 2.05) is 6.07 Å². The van der Waals surface area contributed by atoms with Gasteiger partial charge in [0.1, 0.15) is 11.4 Å². The van der Waals surface area contributed by atoms with E-state index in [9.17, 15) is 19.1 Å². The van der Waals surface area contributed by atoms with Crippen LogP contribution >= 0.6 is 0 Å². The fourth-order valence-electron chi connectivity index (χ4n) is 3.48. The molecule has 1 saturated heterocycles. The summed E-state index contributed by atoms with van der Waals surface area (Å²) < 4.78 is 12.9. The Kier molecular flexibility index (Phi) is 6.14. The smallest absolute Gasteiger partial charge is 0.194 e. The van der Waals surface area contributed by atoms with E-state index in [-0.39, 0.29) is 17.4 Å². The molecule has 1 N–H and O–H groups in total. The Morgan fingerprint density at radius 1 is 0.963 bits per heavy atom. The number of nitrogens with zero attached hydrogens (tertiary/aromatic N) is 1. The number of piperidine rings is 1. The summed E-state index contributed by atoms with van der Waals surface area (Å²) in [4.78, 5) is 26.9. The molecule has 5 heteroatoms. The van der Waals surface area contributed by atoms with E-state index >= 15 is 0 Å². The summed E-state index contributed by atoms with van der Waals surface area (Å²) in [6.45, 7) is 1.99. The molecule has 4 nitrogen and oxygen atoms in total. The molecule has 1 aliphatic heterocycles. The van der Waals surface area contributed by atoms with Gasteiger partial charge in [0.25, 0.3) is 0 Å². The number of rotatable bonds is 7. The predicted molar refractivity (Wildman–Crippen MR) is 101 cm³/mol. The van der Waals surface area contributed by atoms with Crippen LogP contribution in [-0.2, 0) is 0 Å². The van der Waals surface area contributed by atoms with Gasteiger partial charge in [-0.05, 0) is 50.1 Å². The number of halogens is 1. The average Bonchev–Trinajstić information content (AvgIpc) is 2.70. The van der Waals surface area contributed by atoms with Crippen molar-refractivity contribution in [3.8, 4) is 0 Å². The Bertz CT molecular complexity index is 781. The molecular formula is C22H24FNO3. The molecule has 0 unspecified atom stereocenters. The van der Waals surface area contributed by atoms with Crippen LogP contribution in [0.2, 0.25) is 0 Å². The van der Waals surface area contributed by atoms with E-state index in [0.717, 1.165) is 6.54 Å². The lowest BCUT2D eigenvalue weighted by Gasteiger charge is -2.37. The van der Waals surface area contributed by atoms with Crippen molar-refractivity contribution in [3.05, 3.63) is 71.5 Å². The average molecular weight is 369 g/mol. The lowest BCUT2D eigenvalue weighted by Crippen LogP contribution is -2.49. The minimum Gasteiger partial charge on any atom is -0.382 e. The van der Waals surface area contributed by atoms with Gasteiger partial charge in [-0.15, -0.1) is 0 Å². The predicted octanol–water partition coefficient (Wildman–Crippen LogP) is 3.50. The number of Topliss-reactive ketones (excluding diaryl/α,β-unsaturated/α-hetero) is 2. The van der Waals surface area contributed by atoms with E-state index in [1.54, 1.807) is 24.3 Å². The molecule has 0 amide bonds. The second-order valence-corrected chi connectivity index (χ2v) is 7.10. The van der Waals surface area contributed by atoms with E-state index < -0.39 is 5.60 Å². The second kappa shape index (κ2) is 8.55. The van der Waals surface area contributed by atoms with Crippen LogP contribution in [0.4, 0.5) is 4.39 Å². The van der Waals surface area contributed by atoms with Crippen molar-refractivity contribution in [2.45, 2.75) is 31.3 Å². The van der Waals surface area contributed by atoms with Gasteiger partial charge in [0.2, 0.25) is 0 Å². The quantitative estimate of drug-likeness (QED) is 0.759. The van der Waals surface area contributed by atoms with E-state index in [2.05, 4.69) is 4.90 Å². The van der Waals surface area contributed by atoms with Gasteiger partial charge in [-0.1, -0.05) is 30.3 Å². The van der Waals surface area contributed by atoms with Crippen molar-refractivity contribution in [2.75, 3.05) is 19.6 Å². The van der Waals surface area contributed by atoms with Crippen molar-refractivity contribution in [3.63, 3.8) is 0 Å². The highest BCUT2D eigenvalue weighted by molar-refractivity contribution is 6.02. The van der Waals surface area contributed by atoms with Gasteiger partial charge in [-0.25, -0.2) is 4.39 Å². The molecule has 1 heterocycles. The Labute approximate surface area is 158 Å². The molecule has 1 aliphatic rings. The van der Waals surface area contributed by atoms with E-state index in [1.165, 1.54) is 24.3 Å². The molecule has 1 fully saturated rings. The Morgan fingerprint density at radius 3 is 2.22 bits per heavy atom. The van der Waals surface area contributed by atoms with Crippen molar-refractivity contribution in [2.24, 2.45) is 0 Å². The first kappa shape index (κ1) is 19.4. The van der Waals surface area contributed by atoms with E-state index in [4.69, 9.17) is 0 Å². The SMILES string of the molecule is O=C(CCCN1CCC(O)(C(=O)c2ccccc2)CC1)c1ccc(F)cc1. The molecule has 2 aromatic carbocycles. The monoisotopic (exact) mass is 369 g/mol. The molecule has 0 bridgehead atoms. The van der Waals surface area contributed by atoms with Gasteiger partial charge in [0.05, 0.1) is 0 Å². The molecular weight excluding hydrogens is 345 g/mol. The number of likely N-dealkylation sites (tertiary alicyclic amines) is 1. The fraction of sp³-hybridized carbons (Fsp3) is 0.364. The van der Waals surface area contributed by atoms with Crippen LogP contribution in [0.15, 0.2) is 54.6 Å². The number of ketones is 2.